The number of fused-ring (bicyclic) bond motifs is 1. The molecule has 0 unspecified atom stereocenters. The predicted molar refractivity (Wildman–Crippen MR) is 75.7 cm³/mol. The fourth-order valence-electron chi connectivity index (χ4n) is 2.09. The molecular formula is C15H12N2O3. The van der Waals surface area contributed by atoms with E-state index in [1.54, 1.807) is 18.2 Å². The van der Waals surface area contributed by atoms with Crippen LogP contribution in [-0.4, -0.2) is 9.91 Å². The molecule has 0 saturated heterocycles. The van der Waals surface area contributed by atoms with Crippen molar-refractivity contribution in [3.8, 4) is 5.75 Å². The maximum absolute atomic E-state index is 10.9. The third-order valence-corrected chi connectivity index (χ3v) is 3.11. The van der Waals surface area contributed by atoms with Gasteiger partial charge in [0.2, 0.25) is 0 Å². The highest BCUT2D eigenvalue weighted by atomic mass is 16.6. The normalized spacial score (nSPS) is 10.6. The Morgan fingerprint density at radius 1 is 1.15 bits per heavy atom. The number of aromatic nitrogens is 1. The standard InChI is InChI=1S/C15H12N2O3/c18-17(19)15-4-2-1-3-12(15)10-20-13-5-6-14-11(9-13)7-8-16-14/h1-9,16H,10H2. The first-order valence-corrected chi connectivity index (χ1v) is 6.16. The Bertz CT molecular complexity index is 764. The smallest absolute Gasteiger partial charge is 0.276 e. The summed E-state index contributed by atoms with van der Waals surface area (Å²) in [5.74, 6) is 0.690. The van der Waals surface area contributed by atoms with E-state index >= 15 is 0 Å². The highest BCUT2D eigenvalue weighted by Crippen LogP contribution is 2.23. The van der Waals surface area contributed by atoms with E-state index in [0.29, 0.717) is 11.3 Å². The molecule has 3 rings (SSSR count). The van der Waals surface area contributed by atoms with Crippen molar-refractivity contribution in [2.75, 3.05) is 0 Å². The van der Waals surface area contributed by atoms with Gasteiger partial charge >= 0.3 is 0 Å². The van der Waals surface area contributed by atoms with Gasteiger partial charge in [0.1, 0.15) is 12.4 Å². The van der Waals surface area contributed by atoms with E-state index in [9.17, 15) is 10.1 Å². The minimum atomic E-state index is -0.395. The summed E-state index contributed by atoms with van der Waals surface area (Å²) in [6.45, 7) is 0.174. The van der Waals surface area contributed by atoms with Crippen molar-refractivity contribution >= 4 is 16.6 Å². The van der Waals surface area contributed by atoms with Crippen LogP contribution in [0, 0.1) is 10.1 Å². The summed E-state index contributed by atoms with van der Waals surface area (Å²) in [7, 11) is 0. The molecule has 0 radical (unpaired) electrons. The number of hydrogen-bond acceptors (Lipinski definition) is 3. The first-order valence-electron chi connectivity index (χ1n) is 6.16. The number of rotatable bonds is 4. The van der Waals surface area contributed by atoms with Gasteiger partial charge < -0.3 is 9.72 Å². The second-order valence-corrected chi connectivity index (χ2v) is 4.40. The average Bonchev–Trinajstić information content (AvgIpc) is 2.92. The van der Waals surface area contributed by atoms with Crippen molar-refractivity contribution in [1.82, 2.24) is 4.98 Å². The molecule has 0 aliphatic carbocycles. The maximum atomic E-state index is 10.9. The van der Waals surface area contributed by atoms with Gasteiger partial charge in [-0.25, -0.2) is 0 Å². The van der Waals surface area contributed by atoms with Crippen molar-refractivity contribution in [1.29, 1.82) is 0 Å². The third kappa shape index (κ3) is 2.33. The highest BCUT2D eigenvalue weighted by Gasteiger charge is 2.12. The lowest BCUT2D eigenvalue weighted by molar-refractivity contribution is -0.385. The van der Waals surface area contributed by atoms with Gasteiger partial charge in [0, 0.05) is 23.2 Å². The molecule has 1 N–H and O–H groups in total. The van der Waals surface area contributed by atoms with Crippen molar-refractivity contribution in [3.63, 3.8) is 0 Å². The van der Waals surface area contributed by atoms with Crippen molar-refractivity contribution < 1.29 is 9.66 Å². The van der Waals surface area contributed by atoms with Crippen LogP contribution in [0.2, 0.25) is 0 Å². The molecule has 0 atom stereocenters. The molecule has 0 bridgehead atoms. The first-order chi connectivity index (χ1) is 9.74. The number of aromatic amines is 1. The molecule has 100 valence electrons. The Hall–Kier alpha value is -2.82. The molecule has 0 saturated carbocycles. The molecule has 0 amide bonds. The molecule has 5 nitrogen and oxygen atoms in total. The predicted octanol–water partition coefficient (Wildman–Crippen LogP) is 3.66. The lowest BCUT2D eigenvalue weighted by Gasteiger charge is -2.07. The second kappa shape index (κ2) is 5.05. The zero-order valence-corrected chi connectivity index (χ0v) is 10.6. The van der Waals surface area contributed by atoms with Gasteiger partial charge in [0.15, 0.2) is 0 Å². The minimum absolute atomic E-state index is 0.0789. The Kier molecular flexibility index (Phi) is 3.09. The van der Waals surface area contributed by atoms with Crippen LogP contribution in [0.3, 0.4) is 0 Å². The molecule has 1 heterocycles. The molecule has 0 aliphatic rings. The van der Waals surface area contributed by atoms with Crippen LogP contribution in [0.25, 0.3) is 10.9 Å². The minimum Gasteiger partial charge on any atom is -0.489 e. The largest absolute Gasteiger partial charge is 0.489 e. The number of para-hydroxylation sites is 1. The first kappa shape index (κ1) is 12.2. The van der Waals surface area contributed by atoms with Crippen molar-refractivity contribution in [2.45, 2.75) is 6.61 Å². The number of nitrogens with one attached hydrogen (secondary N) is 1. The number of benzene rings is 2. The topological polar surface area (TPSA) is 68.2 Å². The van der Waals surface area contributed by atoms with Crippen LogP contribution in [0.4, 0.5) is 5.69 Å². The van der Waals surface area contributed by atoms with E-state index in [1.807, 2.05) is 30.5 Å². The molecule has 2 aromatic carbocycles. The van der Waals surface area contributed by atoms with E-state index in [0.717, 1.165) is 10.9 Å². The van der Waals surface area contributed by atoms with E-state index in [-0.39, 0.29) is 12.3 Å². The van der Waals surface area contributed by atoms with Gasteiger partial charge in [-0.05, 0) is 30.3 Å². The van der Waals surface area contributed by atoms with Gasteiger partial charge in [-0.15, -0.1) is 0 Å². The van der Waals surface area contributed by atoms with E-state index in [1.165, 1.54) is 6.07 Å². The molecule has 0 spiro atoms. The fraction of sp³-hybridized carbons (Fsp3) is 0.0667. The maximum Gasteiger partial charge on any atom is 0.276 e. The number of nitro benzene ring substituents is 1. The van der Waals surface area contributed by atoms with Gasteiger partial charge in [-0.2, -0.15) is 0 Å². The van der Waals surface area contributed by atoms with Gasteiger partial charge in [-0.1, -0.05) is 12.1 Å². The second-order valence-electron chi connectivity index (χ2n) is 4.40. The Morgan fingerprint density at radius 2 is 2.00 bits per heavy atom. The monoisotopic (exact) mass is 268 g/mol. The number of ether oxygens (including phenoxy) is 1. The Labute approximate surface area is 115 Å². The quantitative estimate of drug-likeness (QED) is 0.580. The summed E-state index contributed by atoms with van der Waals surface area (Å²) in [5.41, 5.74) is 1.67. The van der Waals surface area contributed by atoms with Gasteiger partial charge in [0.25, 0.3) is 5.69 Å². The van der Waals surface area contributed by atoms with Crippen LogP contribution < -0.4 is 4.74 Å². The lowest BCUT2D eigenvalue weighted by atomic mass is 10.2. The lowest BCUT2D eigenvalue weighted by Crippen LogP contribution is -2.00. The average molecular weight is 268 g/mol. The molecule has 5 heteroatoms. The summed E-state index contributed by atoms with van der Waals surface area (Å²) in [6, 6.07) is 14.2. The molecule has 0 fully saturated rings. The summed E-state index contributed by atoms with van der Waals surface area (Å²) < 4.78 is 5.64. The summed E-state index contributed by atoms with van der Waals surface area (Å²) >= 11 is 0. The van der Waals surface area contributed by atoms with Crippen molar-refractivity contribution in [3.05, 3.63) is 70.4 Å². The SMILES string of the molecule is O=[N+]([O-])c1ccccc1COc1ccc2[nH]ccc2c1. The molecule has 0 aliphatic heterocycles. The van der Waals surface area contributed by atoms with Crippen LogP contribution in [0.5, 0.6) is 5.75 Å². The van der Waals surface area contributed by atoms with Crippen LogP contribution in [0.15, 0.2) is 54.7 Å². The summed E-state index contributed by atoms with van der Waals surface area (Å²) in [6.07, 6.45) is 1.86. The third-order valence-electron chi connectivity index (χ3n) is 3.11. The zero-order chi connectivity index (χ0) is 13.9. The molecular weight excluding hydrogens is 256 g/mol. The highest BCUT2D eigenvalue weighted by molar-refractivity contribution is 5.80. The Morgan fingerprint density at radius 3 is 2.85 bits per heavy atom. The molecule has 20 heavy (non-hydrogen) atoms. The zero-order valence-electron chi connectivity index (χ0n) is 10.6. The van der Waals surface area contributed by atoms with Crippen molar-refractivity contribution in [2.24, 2.45) is 0 Å². The number of hydrogen-bond donors (Lipinski definition) is 1. The van der Waals surface area contributed by atoms with Crippen LogP contribution in [0.1, 0.15) is 5.56 Å². The van der Waals surface area contributed by atoms with Crippen LogP contribution >= 0.6 is 0 Å². The molecule has 3 aromatic rings. The van der Waals surface area contributed by atoms with Crippen LogP contribution in [-0.2, 0) is 6.61 Å². The number of nitro groups is 1. The van der Waals surface area contributed by atoms with E-state index in [4.69, 9.17) is 4.74 Å². The summed E-state index contributed by atoms with van der Waals surface area (Å²) in [5, 5.41) is 12.0. The fourth-order valence-corrected chi connectivity index (χ4v) is 2.09. The number of H-pyrrole nitrogens is 1. The van der Waals surface area contributed by atoms with E-state index < -0.39 is 4.92 Å². The van der Waals surface area contributed by atoms with E-state index in [2.05, 4.69) is 4.98 Å². The molecule has 1 aromatic heterocycles. The number of nitrogens with zero attached hydrogens (tertiary/aromatic N) is 1. The Balaban J connectivity index is 1.80. The summed E-state index contributed by atoms with van der Waals surface area (Å²) in [4.78, 5) is 13.6. The van der Waals surface area contributed by atoms with Gasteiger partial charge in [0.05, 0.1) is 10.5 Å². The van der Waals surface area contributed by atoms with Gasteiger partial charge in [-0.3, -0.25) is 10.1 Å².